The van der Waals surface area contributed by atoms with Crippen LogP contribution in [0.3, 0.4) is 0 Å². The lowest BCUT2D eigenvalue weighted by molar-refractivity contribution is 0.108. The monoisotopic (exact) mass is 442 g/mol. The number of halogens is 1. The summed E-state index contributed by atoms with van der Waals surface area (Å²) >= 11 is 1.32. The molecule has 1 aliphatic heterocycles. The highest BCUT2D eigenvalue weighted by molar-refractivity contribution is 8.14. The summed E-state index contributed by atoms with van der Waals surface area (Å²) in [6, 6.07) is 8.59. The number of rotatable bonds is 9. The van der Waals surface area contributed by atoms with Gasteiger partial charge in [-0.3, -0.25) is 9.78 Å². The number of thioether (sulfide) groups is 1. The highest BCUT2D eigenvalue weighted by Crippen LogP contribution is 2.34. The van der Waals surface area contributed by atoms with E-state index in [1.807, 2.05) is 12.4 Å². The first-order valence-corrected chi connectivity index (χ1v) is 12.4. The van der Waals surface area contributed by atoms with E-state index in [9.17, 15) is 9.18 Å². The molecule has 1 saturated heterocycles. The Hall–Kier alpha value is -1.92. The van der Waals surface area contributed by atoms with Crippen molar-refractivity contribution in [2.75, 3.05) is 18.9 Å². The molecule has 1 aliphatic carbocycles. The second kappa shape index (κ2) is 11.1. The number of aromatic nitrogens is 1. The summed E-state index contributed by atoms with van der Waals surface area (Å²) in [5.74, 6) is 2.71. The standard InChI is InChI=1S/C25H31FN2O2S/c26-22-3-1-2-21(14-22)25(29)31-11-9-18-4-6-19(7-5-18)12-20-13-24(16-27-15-20)30-17-23-8-10-28-23/h1-3,13-16,18-19,23,28H,4-12,17H2/t18-,19-,23-/m0/s1. The number of nitrogens with one attached hydrogen (secondary N) is 1. The molecule has 0 unspecified atom stereocenters. The topological polar surface area (TPSA) is 51.2 Å². The first-order valence-electron chi connectivity index (χ1n) is 11.4. The molecule has 2 aliphatic rings. The molecular weight excluding hydrogens is 411 g/mol. The Labute approximate surface area is 188 Å². The molecule has 0 spiro atoms. The van der Waals surface area contributed by atoms with E-state index in [0.29, 0.717) is 23.4 Å². The average Bonchev–Trinajstić information content (AvgIpc) is 2.74. The van der Waals surface area contributed by atoms with Gasteiger partial charge in [-0.25, -0.2) is 4.39 Å². The molecule has 2 fully saturated rings. The summed E-state index contributed by atoms with van der Waals surface area (Å²) in [5, 5.41) is 3.32. The van der Waals surface area contributed by atoms with E-state index in [2.05, 4.69) is 16.4 Å². The Morgan fingerprint density at radius 2 is 1.94 bits per heavy atom. The van der Waals surface area contributed by atoms with Crippen molar-refractivity contribution in [2.45, 2.75) is 51.0 Å². The van der Waals surface area contributed by atoms with Gasteiger partial charge in [0.05, 0.1) is 6.20 Å². The number of carbonyl (C=O) groups is 1. The minimum atomic E-state index is -0.354. The molecule has 31 heavy (non-hydrogen) atoms. The zero-order valence-corrected chi connectivity index (χ0v) is 18.7. The van der Waals surface area contributed by atoms with Gasteiger partial charge >= 0.3 is 0 Å². The molecule has 1 aromatic carbocycles. The molecule has 4 nitrogen and oxygen atoms in total. The molecule has 1 atom stereocenters. The fraction of sp³-hybridized carbons (Fsp3) is 0.520. The maximum Gasteiger partial charge on any atom is 0.219 e. The third-order valence-corrected chi connectivity index (χ3v) is 7.39. The number of hydrogen-bond acceptors (Lipinski definition) is 5. The van der Waals surface area contributed by atoms with E-state index < -0.39 is 0 Å². The van der Waals surface area contributed by atoms with Crippen LogP contribution >= 0.6 is 11.8 Å². The van der Waals surface area contributed by atoms with Gasteiger partial charge in [-0.05, 0) is 74.2 Å². The maximum absolute atomic E-state index is 13.3. The van der Waals surface area contributed by atoms with Crippen molar-refractivity contribution in [2.24, 2.45) is 11.8 Å². The van der Waals surface area contributed by atoms with Crippen LogP contribution in [-0.4, -0.2) is 35.0 Å². The van der Waals surface area contributed by atoms with E-state index in [4.69, 9.17) is 4.74 Å². The molecule has 2 aromatic rings. The van der Waals surface area contributed by atoms with Crippen molar-refractivity contribution in [3.63, 3.8) is 0 Å². The van der Waals surface area contributed by atoms with Crippen LogP contribution in [0.25, 0.3) is 0 Å². The second-order valence-corrected chi connectivity index (χ2v) is 9.87. The number of ether oxygens (including phenoxy) is 1. The van der Waals surface area contributed by atoms with Crippen LogP contribution in [0.4, 0.5) is 4.39 Å². The van der Waals surface area contributed by atoms with Crippen LogP contribution in [0.15, 0.2) is 42.7 Å². The molecule has 4 rings (SSSR count). The normalized spacial score (nSPS) is 23.2. The minimum absolute atomic E-state index is 0.0316. The van der Waals surface area contributed by atoms with Crippen LogP contribution in [0.5, 0.6) is 5.75 Å². The van der Waals surface area contributed by atoms with Crippen molar-refractivity contribution < 1.29 is 13.9 Å². The fourth-order valence-corrected chi connectivity index (χ4v) is 5.35. The largest absolute Gasteiger partial charge is 0.490 e. The number of benzene rings is 1. The van der Waals surface area contributed by atoms with Gasteiger partial charge in [-0.15, -0.1) is 0 Å². The van der Waals surface area contributed by atoms with E-state index >= 15 is 0 Å². The molecule has 0 amide bonds. The van der Waals surface area contributed by atoms with Crippen molar-refractivity contribution in [1.82, 2.24) is 10.3 Å². The number of hydrogen-bond donors (Lipinski definition) is 1. The summed E-state index contributed by atoms with van der Waals surface area (Å²) in [5.41, 5.74) is 1.72. The summed E-state index contributed by atoms with van der Waals surface area (Å²) in [6.45, 7) is 1.81. The van der Waals surface area contributed by atoms with Crippen LogP contribution in [0, 0.1) is 17.7 Å². The first kappa shape index (κ1) is 22.3. The summed E-state index contributed by atoms with van der Waals surface area (Å²) in [4.78, 5) is 16.6. The zero-order chi connectivity index (χ0) is 21.5. The zero-order valence-electron chi connectivity index (χ0n) is 17.9. The molecule has 2 heterocycles. The van der Waals surface area contributed by atoms with Crippen LogP contribution in [-0.2, 0) is 6.42 Å². The van der Waals surface area contributed by atoms with Gasteiger partial charge < -0.3 is 10.1 Å². The van der Waals surface area contributed by atoms with E-state index in [0.717, 1.165) is 37.5 Å². The summed E-state index contributed by atoms with van der Waals surface area (Å²) in [7, 11) is 0. The lowest BCUT2D eigenvalue weighted by Gasteiger charge is -2.29. The molecule has 166 valence electrons. The molecule has 0 bridgehead atoms. The molecular formula is C25H31FN2O2S. The minimum Gasteiger partial charge on any atom is -0.490 e. The average molecular weight is 443 g/mol. The molecule has 1 N–H and O–H groups in total. The van der Waals surface area contributed by atoms with Gasteiger partial charge in [-0.1, -0.05) is 36.7 Å². The van der Waals surface area contributed by atoms with Gasteiger partial charge in [0.1, 0.15) is 18.2 Å². The third kappa shape index (κ3) is 6.78. The van der Waals surface area contributed by atoms with Gasteiger partial charge in [0.15, 0.2) is 0 Å². The molecule has 1 saturated carbocycles. The van der Waals surface area contributed by atoms with Gasteiger partial charge in [0.25, 0.3) is 0 Å². The highest BCUT2D eigenvalue weighted by Gasteiger charge is 2.22. The fourth-order valence-electron chi connectivity index (χ4n) is 4.42. The van der Waals surface area contributed by atoms with Crippen molar-refractivity contribution in [3.05, 3.63) is 59.7 Å². The summed E-state index contributed by atoms with van der Waals surface area (Å²) in [6.07, 6.45) is 12.0. The predicted molar refractivity (Wildman–Crippen MR) is 123 cm³/mol. The Kier molecular flexibility index (Phi) is 7.97. The Morgan fingerprint density at radius 3 is 2.68 bits per heavy atom. The molecule has 1 aromatic heterocycles. The van der Waals surface area contributed by atoms with Crippen LogP contribution < -0.4 is 10.1 Å². The number of carbonyl (C=O) groups excluding carboxylic acids is 1. The van der Waals surface area contributed by atoms with Gasteiger partial charge in [-0.2, -0.15) is 0 Å². The second-order valence-electron chi connectivity index (χ2n) is 8.81. The van der Waals surface area contributed by atoms with Crippen molar-refractivity contribution in [3.8, 4) is 5.75 Å². The van der Waals surface area contributed by atoms with E-state index in [-0.39, 0.29) is 10.9 Å². The lowest BCUT2D eigenvalue weighted by Crippen LogP contribution is -2.46. The van der Waals surface area contributed by atoms with Crippen LogP contribution in [0.1, 0.15) is 54.4 Å². The van der Waals surface area contributed by atoms with Crippen molar-refractivity contribution >= 4 is 16.9 Å². The maximum atomic E-state index is 13.3. The molecule has 0 radical (unpaired) electrons. The Balaban J connectivity index is 1.15. The third-order valence-electron chi connectivity index (χ3n) is 6.46. The van der Waals surface area contributed by atoms with Crippen molar-refractivity contribution in [1.29, 1.82) is 0 Å². The Morgan fingerprint density at radius 1 is 1.13 bits per heavy atom. The summed E-state index contributed by atoms with van der Waals surface area (Å²) < 4.78 is 19.2. The molecule has 6 heteroatoms. The van der Waals surface area contributed by atoms with E-state index in [1.165, 1.54) is 61.6 Å². The predicted octanol–water partition coefficient (Wildman–Crippen LogP) is 5.27. The SMILES string of the molecule is O=C(SCC[C@H]1CC[C@H](Cc2cncc(OC[C@@H]3CCN3)c2)CC1)c1cccc(F)c1. The lowest BCUT2D eigenvalue weighted by atomic mass is 9.78. The quantitative estimate of drug-likeness (QED) is 0.573. The number of pyridine rings is 1. The van der Waals surface area contributed by atoms with E-state index in [1.54, 1.807) is 12.1 Å². The van der Waals surface area contributed by atoms with Gasteiger partial charge in [0.2, 0.25) is 5.12 Å². The Bertz CT molecular complexity index is 866. The highest BCUT2D eigenvalue weighted by atomic mass is 32.2. The first-order chi connectivity index (χ1) is 15.2. The number of nitrogens with zero attached hydrogens (tertiary/aromatic N) is 1. The smallest absolute Gasteiger partial charge is 0.219 e. The van der Waals surface area contributed by atoms with Gasteiger partial charge in [0, 0.05) is 23.6 Å². The van der Waals surface area contributed by atoms with Crippen LogP contribution in [0.2, 0.25) is 0 Å².